The Bertz CT molecular complexity index is 943. The minimum absolute atomic E-state index is 0.0477. The number of carbonyl (C=O) groups is 1. The van der Waals surface area contributed by atoms with Crippen LogP contribution in [0.3, 0.4) is 0 Å². The predicted octanol–water partition coefficient (Wildman–Crippen LogP) is 4.62. The fourth-order valence-electron chi connectivity index (χ4n) is 2.86. The van der Waals surface area contributed by atoms with Gasteiger partial charge in [0.05, 0.1) is 5.25 Å². The molecule has 27 heavy (non-hydrogen) atoms. The van der Waals surface area contributed by atoms with Gasteiger partial charge in [-0.05, 0) is 57.9 Å². The van der Waals surface area contributed by atoms with Gasteiger partial charge >= 0.3 is 0 Å². The molecule has 140 valence electrons. The Morgan fingerprint density at radius 2 is 1.63 bits per heavy atom. The average molecular weight is 381 g/mol. The van der Waals surface area contributed by atoms with E-state index >= 15 is 0 Å². The van der Waals surface area contributed by atoms with Crippen LogP contribution in [0.4, 0.5) is 5.69 Å². The maximum Gasteiger partial charge on any atom is 0.237 e. The summed E-state index contributed by atoms with van der Waals surface area (Å²) in [6, 6.07) is 14.2. The van der Waals surface area contributed by atoms with Gasteiger partial charge in [0.15, 0.2) is 5.16 Å². The molecule has 0 saturated carbocycles. The fraction of sp³-hybridized carbons (Fsp3) is 0.286. The number of aryl methyl sites for hydroxylation is 4. The van der Waals surface area contributed by atoms with E-state index in [0.717, 1.165) is 28.3 Å². The van der Waals surface area contributed by atoms with Crippen LogP contribution >= 0.6 is 11.8 Å². The molecule has 1 atom stereocenters. The monoisotopic (exact) mass is 380 g/mol. The van der Waals surface area contributed by atoms with Crippen LogP contribution in [0.5, 0.6) is 0 Å². The molecule has 0 fully saturated rings. The van der Waals surface area contributed by atoms with Gasteiger partial charge in [0.2, 0.25) is 5.91 Å². The number of anilines is 1. The number of nitrogens with one attached hydrogen (secondary N) is 1. The first kappa shape index (κ1) is 19.2. The second-order valence-corrected chi connectivity index (χ2v) is 8.02. The van der Waals surface area contributed by atoms with Gasteiger partial charge in [-0.15, -0.1) is 10.2 Å². The van der Waals surface area contributed by atoms with E-state index in [1.54, 1.807) is 0 Å². The molecule has 3 aromatic rings. The van der Waals surface area contributed by atoms with Crippen molar-refractivity contribution < 1.29 is 4.79 Å². The summed E-state index contributed by atoms with van der Waals surface area (Å²) in [7, 11) is 0. The first-order valence-corrected chi connectivity index (χ1v) is 9.77. The lowest BCUT2D eigenvalue weighted by Crippen LogP contribution is -2.23. The normalized spacial score (nSPS) is 12.0. The van der Waals surface area contributed by atoms with Crippen molar-refractivity contribution in [1.82, 2.24) is 14.8 Å². The molecule has 0 aliphatic carbocycles. The van der Waals surface area contributed by atoms with Crippen molar-refractivity contribution in [2.75, 3.05) is 5.32 Å². The zero-order chi connectivity index (χ0) is 19.6. The van der Waals surface area contributed by atoms with E-state index in [1.165, 1.54) is 17.3 Å². The molecule has 1 N–H and O–H groups in total. The number of para-hydroxylation sites is 1. The number of thioether (sulfide) groups is 1. The first-order chi connectivity index (χ1) is 12.9. The van der Waals surface area contributed by atoms with Crippen LogP contribution in [0.2, 0.25) is 0 Å². The minimum Gasteiger partial charge on any atom is -0.325 e. The summed E-state index contributed by atoms with van der Waals surface area (Å²) < 4.78 is 1.98. The zero-order valence-electron chi connectivity index (χ0n) is 16.3. The van der Waals surface area contributed by atoms with E-state index in [4.69, 9.17) is 0 Å². The second kappa shape index (κ2) is 7.96. The summed E-state index contributed by atoms with van der Waals surface area (Å²) in [5.74, 6) is 0.747. The molecule has 6 heteroatoms. The molecule has 3 rings (SSSR count). The standard InChI is InChI=1S/C21H24N4OS/c1-13-9-11-18(12-10-13)25-17(5)23-24-21(25)27-16(4)20(26)22-19-14(2)7-6-8-15(19)3/h6-12,16H,1-5H3,(H,22,26)/t16-/m0/s1. The second-order valence-electron chi connectivity index (χ2n) is 6.72. The number of nitrogens with zero attached hydrogens (tertiary/aromatic N) is 3. The third-order valence-corrected chi connectivity index (χ3v) is 5.51. The van der Waals surface area contributed by atoms with Gasteiger partial charge < -0.3 is 5.32 Å². The highest BCUT2D eigenvalue weighted by Crippen LogP contribution is 2.27. The van der Waals surface area contributed by atoms with Crippen molar-refractivity contribution in [2.45, 2.75) is 45.0 Å². The summed E-state index contributed by atoms with van der Waals surface area (Å²) in [5.41, 5.74) is 5.18. The highest BCUT2D eigenvalue weighted by Gasteiger charge is 2.21. The summed E-state index contributed by atoms with van der Waals surface area (Å²) in [6.07, 6.45) is 0. The lowest BCUT2D eigenvalue weighted by molar-refractivity contribution is -0.115. The number of aromatic nitrogens is 3. The summed E-state index contributed by atoms with van der Waals surface area (Å²) >= 11 is 1.41. The van der Waals surface area contributed by atoms with E-state index in [-0.39, 0.29) is 11.2 Å². The number of hydrogen-bond donors (Lipinski definition) is 1. The maximum atomic E-state index is 12.7. The third kappa shape index (κ3) is 4.22. The van der Waals surface area contributed by atoms with Crippen molar-refractivity contribution in [1.29, 1.82) is 0 Å². The molecule has 1 aromatic heterocycles. The van der Waals surface area contributed by atoms with Crippen molar-refractivity contribution in [3.63, 3.8) is 0 Å². The van der Waals surface area contributed by atoms with Crippen LogP contribution in [0.25, 0.3) is 5.69 Å². The Hall–Kier alpha value is -2.60. The van der Waals surface area contributed by atoms with Crippen LogP contribution < -0.4 is 5.32 Å². The SMILES string of the molecule is Cc1ccc(-n2c(C)nnc2S[C@@H](C)C(=O)Nc2c(C)cccc2C)cc1. The fourth-order valence-corrected chi connectivity index (χ4v) is 3.77. The number of rotatable bonds is 5. The quantitative estimate of drug-likeness (QED) is 0.656. The summed E-state index contributed by atoms with van der Waals surface area (Å²) in [5, 5.41) is 11.9. The Morgan fingerprint density at radius 1 is 1.00 bits per heavy atom. The maximum absolute atomic E-state index is 12.7. The topological polar surface area (TPSA) is 59.8 Å². The van der Waals surface area contributed by atoms with Gasteiger partial charge in [0, 0.05) is 11.4 Å². The Balaban J connectivity index is 1.79. The molecule has 0 unspecified atom stereocenters. The molecule has 0 saturated heterocycles. The van der Waals surface area contributed by atoms with Crippen LogP contribution in [-0.4, -0.2) is 25.9 Å². The molecular formula is C21H24N4OS. The smallest absolute Gasteiger partial charge is 0.237 e. The van der Waals surface area contributed by atoms with Gasteiger partial charge in [-0.1, -0.05) is 47.7 Å². The van der Waals surface area contributed by atoms with E-state index < -0.39 is 0 Å². The summed E-state index contributed by atoms with van der Waals surface area (Å²) in [6.45, 7) is 9.85. The number of carbonyl (C=O) groups excluding carboxylic acids is 1. The molecular weight excluding hydrogens is 356 g/mol. The van der Waals surface area contributed by atoms with Gasteiger partial charge in [0.25, 0.3) is 0 Å². The Labute approximate surface area is 164 Å². The van der Waals surface area contributed by atoms with Crippen molar-refractivity contribution in [2.24, 2.45) is 0 Å². The van der Waals surface area contributed by atoms with E-state index in [9.17, 15) is 4.79 Å². The van der Waals surface area contributed by atoms with E-state index in [0.29, 0.717) is 5.16 Å². The molecule has 2 aromatic carbocycles. The van der Waals surface area contributed by atoms with E-state index in [1.807, 2.05) is 62.6 Å². The number of benzene rings is 2. The number of hydrogen-bond acceptors (Lipinski definition) is 4. The van der Waals surface area contributed by atoms with E-state index in [2.05, 4.69) is 34.6 Å². The van der Waals surface area contributed by atoms with Gasteiger partial charge in [-0.3, -0.25) is 9.36 Å². The Kier molecular flexibility index (Phi) is 5.65. The van der Waals surface area contributed by atoms with Crippen molar-refractivity contribution in [3.8, 4) is 5.69 Å². The highest BCUT2D eigenvalue weighted by molar-refractivity contribution is 8.00. The molecule has 0 aliphatic heterocycles. The lowest BCUT2D eigenvalue weighted by atomic mass is 10.1. The van der Waals surface area contributed by atoms with Crippen LogP contribution in [0, 0.1) is 27.7 Å². The van der Waals surface area contributed by atoms with Crippen molar-refractivity contribution in [3.05, 3.63) is 65.0 Å². The average Bonchev–Trinajstić information content (AvgIpc) is 2.99. The Morgan fingerprint density at radius 3 is 2.26 bits per heavy atom. The molecule has 1 heterocycles. The molecule has 1 amide bonds. The molecule has 0 radical (unpaired) electrons. The van der Waals surface area contributed by atoms with Crippen molar-refractivity contribution >= 4 is 23.4 Å². The molecule has 0 spiro atoms. The third-order valence-electron chi connectivity index (χ3n) is 4.47. The molecule has 5 nitrogen and oxygen atoms in total. The zero-order valence-corrected chi connectivity index (χ0v) is 17.1. The minimum atomic E-state index is -0.309. The van der Waals surface area contributed by atoms with Crippen LogP contribution in [-0.2, 0) is 4.79 Å². The predicted molar refractivity (Wildman–Crippen MR) is 111 cm³/mol. The number of amides is 1. The summed E-state index contributed by atoms with van der Waals surface area (Å²) in [4.78, 5) is 12.7. The van der Waals surface area contributed by atoms with Crippen LogP contribution in [0.1, 0.15) is 29.4 Å². The molecule has 0 bridgehead atoms. The first-order valence-electron chi connectivity index (χ1n) is 8.89. The van der Waals surface area contributed by atoms with Crippen LogP contribution in [0.15, 0.2) is 47.6 Å². The largest absolute Gasteiger partial charge is 0.325 e. The van der Waals surface area contributed by atoms with Gasteiger partial charge in [0.1, 0.15) is 5.82 Å². The lowest BCUT2D eigenvalue weighted by Gasteiger charge is -2.16. The molecule has 0 aliphatic rings. The van der Waals surface area contributed by atoms with Gasteiger partial charge in [-0.2, -0.15) is 0 Å². The van der Waals surface area contributed by atoms with Gasteiger partial charge in [-0.25, -0.2) is 0 Å². The highest BCUT2D eigenvalue weighted by atomic mass is 32.2.